The molecule has 0 aliphatic heterocycles. The van der Waals surface area contributed by atoms with Crippen molar-refractivity contribution in [3.8, 4) is 0 Å². The minimum absolute atomic E-state index is 0.181. The topological polar surface area (TPSA) is 38.9 Å². The fourth-order valence-corrected chi connectivity index (χ4v) is 1.57. The Hall–Kier alpha value is -1.90. The lowest BCUT2D eigenvalue weighted by atomic mass is 10.0. The van der Waals surface area contributed by atoms with Crippen molar-refractivity contribution < 1.29 is 4.39 Å². The average Bonchev–Trinajstić information content (AvgIpc) is 2.27. The van der Waals surface area contributed by atoms with Gasteiger partial charge in [-0.1, -0.05) is 18.2 Å². The number of benzene rings is 1. The van der Waals surface area contributed by atoms with Crippen molar-refractivity contribution in [1.29, 1.82) is 0 Å². The molecule has 0 aliphatic rings. The lowest BCUT2D eigenvalue weighted by Gasteiger charge is -2.05. The Morgan fingerprint density at radius 1 is 1.31 bits per heavy atom. The molecule has 1 aromatic carbocycles. The second-order valence-electron chi connectivity index (χ2n) is 3.81. The van der Waals surface area contributed by atoms with Crippen LogP contribution >= 0.6 is 0 Å². The number of aromatic nitrogens is 1. The molecule has 2 N–H and O–H groups in total. The average molecular weight is 216 g/mol. The molecule has 2 aromatic rings. The Morgan fingerprint density at radius 2 is 2.12 bits per heavy atom. The summed E-state index contributed by atoms with van der Waals surface area (Å²) in [6.45, 7) is 1.75. The van der Waals surface area contributed by atoms with Crippen LogP contribution in [-0.2, 0) is 6.42 Å². The van der Waals surface area contributed by atoms with Gasteiger partial charge in [-0.25, -0.2) is 9.37 Å². The number of nitrogens with zero attached hydrogens (tertiary/aromatic N) is 1. The van der Waals surface area contributed by atoms with Crippen LogP contribution in [0.3, 0.4) is 0 Å². The Morgan fingerprint density at radius 3 is 2.81 bits per heavy atom. The summed E-state index contributed by atoms with van der Waals surface area (Å²) in [6, 6.07) is 8.96. The third kappa shape index (κ3) is 2.19. The minimum atomic E-state index is -0.181. The van der Waals surface area contributed by atoms with Gasteiger partial charge in [-0.15, -0.1) is 0 Å². The monoisotopic (exact) mass is 216 g/mol. The first-order valence-electron chi connectivity index (χ1n) is 5.11. The van der Waals surface area contributed by atoms with Gasteiger partial charge >= 0.3 is 0 Å². The van der Waals surface area contributed by atoms with Crippen LogP contribution in [0, 0.1) is 12.7 Å². The predicted molar refractivity (Wildman–Crippen MR) is 62.6 cm³/mol. The zero-order chi connectivity index (χ0) is 11.5. The number of halogens is 1. The van der Waals surface area contributed by atoms with Gasteiger partial charge in [0, 0.05) is 12.6 Å². The van der Waals surface area contributed by atoms with Crippen molar-refractivity contribution in [2.24, 2.45) is 0 Å². The molecule has 2 rings (SSSR count). The molecule has 2 nitrogen and oxygen atoms in total. The van der Waals surface area contributed by atoms with Gasteiger partial charge in [-0.3, -0.25) is 0 Å². The van der Waals surface area contributed by atoms with Crippen molar-refractivity contribution in [1.82, 2.24) is 4.98 Å². The fourth-order valence-electron chi connectivity index (χ4n) is 1.57. The number of pyridine rings is 1. The molecule has 0 fully saturated rings. The molecule has 1 aromatic heterocycles. The van der Waals surface area contributed by atoms with Crippen LogP contribution < -0.4 is 5.73 Å². The Bertz CT molecular complexity index is 509. The molecule has 82 valence electrons. The van der Waals surface area contributed by atoms with E-state index < -0.39 is 0 Å². The van der Waals surface area contributed by atoms with E-state index in [1.165, 1.54) is 0 Å². The quantitative estimate of drug-likeness (QED) is 0.838. The van der Waals surface area contributed by atoms with E-state index in [2.05, 4.69) is 4.98 Å². The lowest BCUT2D eigenvalue weighted by Crippen LogP contribution is -1.98. The number of aryl methyl sites for hydroxylation is 1. The molecule has 0 bridgehead atoms. The first-order valence-corrected chi connectivity index (χ1v) is 5.11. The normalized spacial score (nSPS) is 10.4. The van der Waals surface area contributed by atoms with Gasteiger partial charge in [0.15, 0.2) is 0 Å². The van der Waals surface area contributed by atoms with E-state index in [9.17, 15) is 4.39 Å². The standard InChI is InChI=1S/C13H13FN2/c1-9-4-5-10(8-12(9)14)7-11-3-2-6-16-13(11)15/h2-6,8H,7H2,1H3,(H2,15,16). The van der Waals surface area contributed by atoms with Crippen molar-refractivity contribution in [3.05, 3.63) is 59.0 Å². The van der Waals surface area contributed by atoms with E-state index in [4.69, 9.17) is 5.73 Å². The third-order valence-electron chi connectivity index (χ3n) is 2.56. The summed E-state index contributed by atoms with van der Waals surface area (Å²) in [7, 11) is 0. The van der Waals surface area contributed by atoms with Gasteiger partial charge < -0.3 is 5.73 Å². The molecule has 0 aliphatic carbocycles. The summed E-state index contributed by atoms with van der Waals surface area (Å²) in [5.41, 5.74) is 8.21. The van der Waals surface area contributed by atoms with Crippen LogP contribution in [0.2, 0.25) is 0 Å². The summed E-state index contributed by atoms with van der Waals surface area (Å²) in [5.74, 6) is 0.323. The summed E-state index contributed by atoms with van der Waals surface area (Å²) < 4.78 is 13.3. The molecule has 1 heterocycles. The van der Waals surface area contributed by atoms with Crippen LogP contribution in [0.25, 0.3) is 0 Å². The second-order valence-corrected chi connectivity index (χ2v) is 3.81. The molecule has 0 unspecified atom stereocenters. The molecule has 0 saturated carbocycles. The first-order chi connectivity index (χ1) is 7.66. The highest BCUT2D eigenvalue weighted by molar-refractivity contribution is 5.42. The molecule has 0 atom stereocenters. The molecule has 0 saturated heterocycles. The Labute approximate surface area is 93.9 Å². The molecular weight excluding hydrogens is 203 g/mol. The number of hydrogen-bond donors (Lipinski definition) is 1. The molecule has 0 spiro atoms. The van der Waals surface area contributed by atoms with Crippen molar-refractivity contribution in [2.45, 2.75) is 13.3 Å². The second kappa shape index (κ2) is 4.31. The number of nitrogen functional groups attached to an aromatic ring is 1. The zero-order valence-electron chi connectivity index (χ0n) is 9.07. The number of nitrogens with two attached hydrogens (primary N) is 1. The van der Waals surface area contributed by atoms with E-state index in [0.29, 0.717) is 17.8 Å². The van der Waals surface area contributed by atoms with Crippen LogP contribution in [0.5, 0.6) is 0 Å². The maximum atomic E-state index is 13.3. The smallest absolute Gasteiger partial charge is 0.126 e. The third-order valence-corrected chi connectivity index (χ3v) is 2.56. The van der Waals surface area contributed by atoms with E-state index in [1.54, 1.807) is 25.3 Å². The highest BCUT2D eigenvalue weighted by Gasteiger charge is 2.03. The summed E-state index contributed by atoms with van der Waals surface area (Å²) in [6.07, 6.45) is 2.26. The zero-order valence-corrected chi connectivity index (χ0v) is 9.07. The van der Waals surface area contributed by atoms with Gasteiger partial charge in [0.2, 0.25) is 0 Å². The maximum absolute atomic E-state index is 13.3. The summed E-state index contributed by atoms with van der Waals surface area (Å²) in [5, 5.41) is 0. The van der Waals surface area contributed by atoms with E-state index >= 15 is 0 Å². The van der Waals surface area contributed by atoms with E-state index in [0.717, 1.165) is 11.1 Å². The van der Waals surface area contributed by atoms with Crippen molar-refractivity contribution in [2.75, 3.05) is 5.73 Å². The van der Waals surface area contributed by atoms with Gasteiger partial charge in [0.25, 0.3) is 0 Å². The van der Waals surface area contributed by atoms with Crippen LogP contribution in [0.15, 0.2) is 36.5 Å². The Balaban J connectivity index is 2.28. The van der Waals surface area contributed by atoms with E-state index in [-0.39, 0.29) is 5.82 Å². The van der Waals surface area contributed by atoms with Gasteiger partial charge in [-0.2, -0.15) is 0 Å². The van der Waals surface area contributed by atoms with Gasteiger partial charge in [-0.05, 0) is 35.7 Å². The first kappa shape index (κ1) is 10.6. The molecule has 0 radical (unpaired) electrons. The van der Waals surface area contributed by atoms with Gasteiger partial charge in [0.1, 0.15) is 11.6 Å². The van der Waals surface area contributed by atoms with Crippen LogP contribution in [0.4, 0.5) is 10.2 Å². The predicted octanol–water partition coefficient (Wildman–Crippen LogP) is 2.70. The fraction of sp³-hybridized carbons (Fsp3) is 0.154. The number of rotatable bonds is 2. The number of anilines is 1. The molecule has 0 amide bonds. The van der Waals surface area contributed by atoms with Crippen molar-refractivity contribution in [3.63, 3.8) is 0 Å². The van der Waals surface area contributed by atoms with E-state index in [1.807, 2.05) is 18.2 Å². The van der Waals surface area contributed by atoms with Crippen LogP contribution in [-0.4, -0.2) is 4.98 Å². The maximum Gasteiger partial charge on any atom is 0.126 e. The minimum Gasteiger partial charge on any atom is -0.383 e. The summed E-state index contributed by atoms with van der Waals surface area (Å²) in [4.78, 5) is 4.00. The van der Waals surface area contributed by atoms with Crippen LogP contribution in [0.1, 0.15) is 16.7 Å². The number of hydrogen-bond acceptors (Lipinski definition) is 2. The molecule has 16 heavy (non-hydrogen) atoms. The largest absolute Gasteiger partial charge is 0.383 e. The summed E-state index contributed by atoms with van der Waals surface area (Å²) >= 11 is 0. The van der Waals surface area contributed by atoms with Crippen molar-refractivity contribution >= 4 is 5.82 Å². The molecular formula is C13H13FN2. The lowest BCUT2D eigenvalue weighted by molar-refractivity contribution is 0.616. The molecule has 3 heteroatoms. The SMILES string of the molecule is Cc1ccc(Cc2cccnc2N)cc1F. The highest BCUT2D eigenvalue weighted by atomic mass is 19.1. The highest BCUT2D eigenvalue weighted by Crippen LogP contribution is 2.16. The Kier molecular flexibility index (Phi) is 2.86. The van der Waals surface area contributed by atoms with Gasteiger partial charge in [0.05, 0.1) is 0 Å².